The van der Waals surface area contributed by atoms with Crippen LogP contribution in [0.5, 0.6) is 0 Å². The highest BCUT2D eigenvalue weighted by molar-refractivity contribution is 5.92. The highest BCUT2D eigenvalue weighted by Crippen LogP contribution is 2.22. The molecule has 0 atom stereocenters. The quantitative estimate of drug-likeness (QED) is 0.314. The van der Waals surface area contributed by atoms with Gasteiger partial charge >= 0.3 is 12.1 Å². The van der Waals surface area contributed by atoms with Gasteiger partial charge in [-0.25, -0.2) is 9.59 Å². The number of nitro groups is 1. The minimum atomic E-state index is -0.865. The largest absolute Gasteiger partial charge is 0.452 e. The Morgan fingerprint density at radius 3 is 2.57 bits per heavy atom. The second kappa shape index (κ2) is 9.53. The summed E-state index contributed by atoms with van der Waals surface area (Å²) >= 11 is 0. The van der Waals surface area contributed by atoms with Crippen LogP contribution >= 0.6 is 0 Å². The van der Waals surface area contributed by atoms with E-state index in [-0.39, 0.29) is 23.4 Å². The molecule has 2 amide bonds. The van der Waals surface area contributed by atoms with E-state index >= 15 is 0 Å². The van der Waals surface area contributed by atoms with Gasteiger partial charge in [0.1, 0.15) is 5.69 Å². The number of amides is 2. The van der Waals surface area contributed by atoms with Crippen molar-refractivity contribution in [3.8, 4) is 0 Å². The molecule has 1 aliphatic rings. The number of carbonyl (C=O) groups excluding carboxylic acids is 3. The van der Waals surface area contributed by atoms with Crippen LogP contribution < -0.4 is 11.1 Å². The fraction of sp³-hybridized carbons (Fsp3) is 0.471. The summed E-state index contributed by atoms with van der Waals surface area (Å²) in [6.45, 7) is 2.43. The Morgan fingerprint density at radius 1 is 1.29 bits per heavy atom. The number of esters is 1. The van der Waals surface area contributed by atoms with Crippen molar-refractivity contribution in [1.29, 1.82) is 0 Å². The van der Waals surface area contributed by atoms with E-state index in [2.05, 4.69) is 5.32 Å². The molecule has 152 valence electrons. The summed E-state index contributed by atoms with van der Waals surface area (Å²) in [5.74, 6) is -1.36. The van der Waals surface area contributed by atoms with Gasteiger partial charge in [-0.1, -0.05) is 0 Å². The molecule has 1 heterocycles. The molecule has 0 spiro atoms. The van der Waals surface area contributed by atoms with Crippen LogP contribution in [-0.4, -0.2) is 60.1 Å². The maximum atomic E-state index is 12.0. The van der Waals surface area contributed by atoms with Gasteiger partial charge in [0.25, 0.3) is 11.6 Å². The average Bonchev–Trinajstić information content (AvgIpc) is 2.67. The molecule has 1 aliphatic heterocycles. The summed E-state index contributed by atoms with van der Waals surface area (Å²) < 4.78 is 9.83. The molecule has 0 aromatic heterocycles. The van der Waals surface area contributed by atoms with Gasteiger partial charge in [0.15, 0.2) is 6.61 Å². The Bertz CT molecular complexity index is 760. The zero-order valence-corrected chi connectivity index (χ0v) is 15.4. The Morgan fingerprint density at radius 2 is 1.96 bits per heavy atom. The maximum Gasteiger partial charge on any atom is 0.409 e. The summed E-state index contributed by atoms with van der Waals surface area (Å²) in [4.78, 5) is 47.3. The zero-order valence-electron chi connectivity index (χ0n) is 15.4. The van der Waals surface area contributed by atoms with E-state index in [1.165, 1.54) is 12.1 Å². The van der Waals surface area contributed by atoms with E-state index in [0.717, 1.165) is 6.07 Å². The van der Waals surface area contributed by atoms with Crippen molar-refractivity contribution in [3.63, 3.8) is 0 Å². The van der Waals surface area contributed by atoms with Crippen molar-refractivity contribution in [2.45, 2.75) is 25.8 Å². The van der Waals surface area contributed by atoms with Crippen LogP contribution in [0.2, 0.25) is 0 Å². The highest BCUT2D eigenvalue weighted by atomic mass is 16.6. The first kappa shape index (κ1) is 20.9. The molecule has 0 saturated carbocycles. The molecule has 11 nitrogen and oxygen atoms in total. The van der Waals surface area contributed by atoms with Gasteiger partial charge in [-0.15, -0.1) is 0 Å². The van der Waals surface area contributed by atoms with Crippen molar-refractivity contribution >= 4 is 29.3 Å². The van der Waals surface area contributed by atoms with E-state index in [9.17, 15) is 24.5 Å². The first-order valence-corrected chi connectivity index (χ1v) is 8.74. The lowest BCUT2D eigenvalue weighted by Gasteiger charge is -2.31. The van der Waals surface area contributed by atoms with Gasteiger partial charge in [0.2, 0.25) is 0 Å². The molecule has 0 unspecified atom stereocenters. The molecule has 1 saturated heterocycles. The van der Waals surface area contributed by atoms with E-state index < -0.39 is 29.1 Å². The Balaban J connectivity index is 1.79. The average molecular weight is 394 g/mol. The molecule has 11 heteroatoms. The number of nitrogen functional groups attached to an aromatic ring is 1. The number of rotatable bonds is 6. The molecule has 0 bridgehead atoms. The maximum absolute atomic E-state index is 12.0. The third-order valence-electron chi connectivity index (χ3n) is 4.18. The van der Waals surface area contributed by atoms with Gasteiger partial charge < -0.3 is 25.4 Å². The summed E-state index contributed by atoms with van der Waals surface area (Å²) in [6, 6.07) is 3.37. The SMILES string of the molecule is CCOC(=O)N1CCC(NC(=O)COC(=O)c2ccc(N)c([N+](=O)[O-])c2)CC1. The number of likely N-dealkylation sites (tertiary alicyclic amines) is 1. The van der Waals surface area contributed by atoms with Crippen LogP contribution in [0.15, 0.2) is 18.2 Å². The number of benzene rings is 1. The third-order valence-corrected chi connectivity index (χ3v) is 4.18. The number of piperidine rings is 1. The number of nitrogens with two attached hydrogens (primary N) is 1. The number of anilines is 1. The molecule has 0 aliphatic carbocycles. The Hall–Kier alpha value is -3.37. The minimum absolute atomic E-state index is 0.0727. The van der Waals surface area contributed by atoms with Crippen LogP contribution in [0, 0.1) is 10.1 Å². The number of carbonyl (C=O) groups is 3. The van der Waals surface area contributed by atoms with E-state index in [4.69, 9.17) is 15.2 Å². The monoisotopic (exact) mass is 394 g/mol. The molecule has 1 fully saturated rings. The van der Waals surface area contributed by atoms with Crippen molar-refractivity contribution in [2.24, 2.45) is 0 Å². The van der Waals surface area contributed by atoms with Gasteiger partial charge in [0, 0.05) is 25.2 Å². The summed E-state index contributed by atoms with van der Waals surface area (Å²) in [6.07, 6.45) is 0.740. The fourth-order valence-corrected chi connectivity index (χ4v) is 2.73. The zero-order chi connectivity index (χ0) is 20.7. The number of nitrogens with zero attached hydrogens (tertiary/aromatic N) is 2. The van der Waals surface area contributed by atoms with Gasteiger partial charge in [-0.2, -0.15) is 0 Å². The fourth-order valence-electron chi connectivity index (χ4n) is 2.73. The molecular weight excluding hydrogens is 372 g/mol. The number of hydrogen-bond donors (Lipinski definition) is 2. The Kier molecular flexibility index (Phi) is 7.13. The molecule has 3 N–H and O–H groups in total. The lowest BCUT2D eigenvalue weighted by molar-refractivity contribution is -0.383. The molecule has 1 aromatic rings. The van der Waals surface area contributed by atoms with Crippen molar-refractivity contribution in [2.75, 3.05) is 32.0 Å². The lowest BCUT2D eigenvalue weighted by Crippen LogP contribution is -2.47. The third kappa shape index (κ3) is 5.56. The van der Waals surface area contributed by atoms with Crippen LogP contribution in [0.4, 0.5) is 16.2 Å². The van der Waals surface area contributed by atoms with Crippen LogP contribution in [0.1, 0.15) is 30.1 Å². The summed E-state index contributed by atoms with van der Waals surface area (Å²) in [5, 5.41) is 13.6. The smallest absolute Gasteiger partial charge is 0.409 e. The van der Waals surface area contributed by atoms with Gasteiger partial charge in [-0.3, -0.25) is 14.9 Å². The molecule has 1 aromatic carbocycles. The van der Waals surface area contributed by atoms with E-state index in [1.807, 2.05) is 0 Å². The lowest BCUT2D eigenvalue weighted by atomic mass is 10.1. The molecule has 2 rings (SSSR count). The standard InChI is InChI=1S/C17H22N4O7/c1-2-27-17(24)20-7-5-12(6-8-20)19-15(22)10-28-16(23)11-3-4-13(18)14(9-11)21(25)26/h3-4,9,12H,2,5-8,10,18H2,1H3,(H,19,22). The first-order valence-electron chi connectivity index (χ1n) is 8.74. The number of hydrogen-bond acceptors (Lipinski definition) is 8. The predicted molar refractivity (Wildman–Crippen MR) is 97.6 cm³/mol. The second-order valence-electron chi connectivity index (χ2n) is 6.13. The summed E-state index contributed by atoms with van der Waals surface area (Å²) in [7, 11) is 0. The molecule has 0 radical (unpaired) electrons. The van der Waals surface area contributed by atoms with E-state index in [1.54, 1.807) is 11.8 Å². The number of nitro benzene ring substituents is 1. The first-order chi connectivity index (χ1) is 13.3. The topological polar surface area (TPSA) is 154 Å². The number of nitrogens with one attached hydrogen (secondary N) is 1. The van der Waals surface area contributed by atoms with Crippen LogP contribution in [0.25, 0.3) is 0 Å². The minimum Gasteiger partial charge on any atom is -0.452 e. The summed E-state index contributed by atoms with van der Waals surface area (Å²) in [5.41, 5.74) is 4.91. The van der Waals surface area contributed by atoms with Gasteiger partial charge in [0.05, 0.1) is 17.1 Å². The van der Waals surface area contributed by atoms with Crippen molar-refractivity contribution < 1.29 is 28.8 Å². The van der Waals surface area contributed by atoms with Crippen LogP contribution in [-0.2, 0) is 14.3 Å². The van der Waals surface area contributed by atoms with Crippen molar-refractivity contribution in [3.05, 3.63) is 33.9 Å². The predicted octanol–water partition coefficient (Wildman–Crippen LogP) is 1.07. The highest BCUT2D eigenvalue weighted by Gasteiger charge is 2.25. The van der Waals surface area contributed by atoms with Gasteiger partial charge in [-0.05, 0) is 31.9 Å². The Labute approximate surface area is 160 Å². The number of ether oxygens (including phenoxy) is 2. The second-order valence-corrected chi connectivity index (χ2v) is 6.13. The molecular formula is C17H22N4O7. The van der Waals surface area contributed by atoms with Crippen molar-refractivity contribution in [1.82, 2.24) is 10.2 Å². The molecule has 28 heavy (non-hydrogen) atoms. The van der Waals surface area contributed by atoms with E-state index in [0.29, 0.717) is 32.5 Å². The van der Waals surface area contributed by atoms with Crippen LogP contribution in [0.3, 0.4) is 0 Å². The normalized spacial score (nSPS) is 14.2.